The molecule has 1 aliphatic rings. The van der Waals surface area contributed by atoms with Crippen LogP contribution in [0.4, 0.5) is 11.5 Å². The van der Waals surface area contributed by atoms with E-state index >= 15 is 0 Å². The summed E-state index contributed by atoms with van der Waals surface area (Å²) in [5.74, 6) is 0.617. The SMILES string of the molecule is O=C(Nc1ccc(N2CCOCC2)nc1)c1csc(-c2cnn(-c3ccccc3)c2)n1. The number of morpholine rings is 1. The molecule has 5 rings (SSSR count). The van der Waals surface area contributed by atoms with Crippen molar-refractivity contribution in [3.05, 3.63) is 72.1 Å². The van der Waals surface area contributed by atoms with Gasteiger partial charge in [-0.25, -0.2) is 14.6 Å². The Kier molecular flexibility index (Phi) is 5.42. The molecule has 1 amide bonds. The molecule has 0 atom stereocenters. The number of aromatic nitrogens is 4. The van der Waals surface area contributed by atoms with Crippen molar-refractivity contribution in [2.75, 3.05) is 36.5 Å². The van der Waals surface area contributed by atoms with Crippen LogP contribution in [0.2, 0.25) is 0 Å². The Morgan fingerprint density at radius 2 is 1.90 bits per heavy atom. The molecule has 0 saturated carbocycles. The normalized spacial score (nSPS) is 13.9. The zero-order chi connectivity index (χ0) is 21.0. The highest BCUT2D eigenvalue weighted by Gasteiger charge is 2.15. The molecular weight excluding hydrogens is 412 g/mol. The van der Waals surface area contributed by atoms with E-state index in [-0.39, 0.29) is 5.91 Å². The fraction of sp³-hybridized carbons (Fsp3) is 0.182. The number of rotatable bonds is 5. The van der Waals surface area contributed by atoms with Gasteiger partial charge in [-0.1, -0.05) is 18.2 Å². The van der Waals surface area contributed by atoms with E-state index in [9.17, 15) is 4.79 Å². The number of amides is 1. The Hall–Kier alpha value is -3.56. The molecule has 0 spiro atoms. The molecule has 1 saturated heterocycles. The summed E-state index contributed by atoms with van der Waals surface area (Å²) in [6.45, 7) is 3.05. The minimum atomic E-state index is -0.265. The number of hydrogen-bond donors (Lipinski definition) is 1. The first-order valence-electron chi connectivity index (χ1n) is 9.92. The molecule has 0 radical (unpaired) electrons. The van der Waals surface area contributed by atoms with Crippen LogP contribution in [0.25, 0.3) is 16.3 Å². The van der Waals surface area contributed by atoms with Crippen molar-refractivity contribution < 1.29 is 9.53 Å². The van der Waals surface area contributed by atoms with Crippen LogP contribution in [0.1, 0.15) is 10.5 Å². The molecule has 4 aromatic rings. The molecule has 4 heterocycles. The van der Waals surface area contributed by atoms with Crippen LogP contribution in [0.3, 0.4) is 0 Å². The summed E-state index contributed by atoms with van der Waals surface area (Å²) in [6.07, 6.45) is 5.33. The van der Waals surface area contributed by atoms with Gasteiger partial charge in [0.15, 0.2) is 0 Å². The number of benzene rings is 1. The molecule has 1 aromatic carbocycles. The summed E-state index contributed by atoms with van der Waals surface area (Å²) in [7, 11) is 0. The monoisotopic (exact) mass is 432 g/mol. The van der Waals surface area contributed by atoms with Crippen LogP contribution < -0.4 is 10.2 Å². The van der Waals surface area contributed by atoms with Crippen molar-refractivity contribution in [2.45, 2.75) is 0 Å². The van der Waals surface area contributed by atoms with Gasteiger partial charge in [0.25, 0.3) is 5.91 Å². The molecule has 3 aromatic heterocycles. The predicted octanol–water partition coefficient (Wildman–Crippen LogP) is 3.48. The lowest BCUT2D eigenvalue weighted by atomic mass is 10.3. The number of pyridine rings is 1. The highest BCUT2D eigenvalue weighted by molar-refractivity contribution is 7.13. The number of nitrogens with one attached hydrogen (secondary N) is 1. The average molecular weight is 433 g/mol. The lowest BCUT2D eigenvalue weighted by Gasteiger charge is -2.27. The summed E-state index contributed by atoms with van der Waals surface area (Å²) >= 11 is 1.41. The van der Waals surface area contributed by atoms with E-state index in [0.717, 1.165) is 35.2 Å². The van der Waals surface area contributed by atoms with Crippen molar-refractivity contribution in [3.8, 4) is 16.3 Å². The van der Waals surface area contributed by atoms with Gasteiger partial charge in [-0.15, -0.1) is 11.3 Å². The van der Waals surface area contributed by atoms with Crippen molar-refractivity contribution in [3.63, 3.8) is 0 Å². The molecule has 0 aliphatic carbocycles. The number of anilines is 2. The zero-order valence-corrected chi connectivity index (χ0v) is 17.5. The Labute approximate surface area is 183 Å². The summed E-state index contributed by atoms with van der Waals surface area (Å²) in [5.41, 5.74) is 2.83. The van der Waals surface area contributed by atoms with Gasteiger partial charge in [0.1, 0.15) is 16.5 Å². The second kappa shape index (κ2) is 8.66. The third-order valence-corrected chi connectivity index (χ3v) is 5.82. The van der Waals surface area contributed by atoms with E-state index in [1.54, 1.807) is 22.5 Å². The summed E-state index contributed by atoms with van der Waals surface area (Å²) in [5, 5.41) is 9.75. The number of ether oxygens (including phenoxy) is 1. The number of para-hydroxylation sites is 1. The quantitative estimate of drug-likeness (QED) is 0.520. The van der Waals surface area contributed by atoms with Crippen molar-refractivity contribution in [1.82, 2.24) is 19.7 Å². The third kappa shape index (κ3) is 4.32. The van der Waals surface area contributed by atoms with Gasteiger partial charge in [-0.05, 0) is 24.3 Å². The zero-order valence-electron chi connectivity index (χ0n) is 16.6. The van der Waals surface area contributed by atoms with Gasteiger partial charge < -0.3 is 15.0 Å². The highest BCUT2D eigenvalue weighted by atomic mass is 32.1. The van der Waals surface area contributed by atoms with Crippen LogP contribution in [-0.4, -0.2) is 52.0 Å². The lowest BCUT2D eigenvalue weighted by molar-refractivity contribution is 0.102. The summed E-state index contributed by atoms with van der Waals surface area (Å²) in [6, 6.07) is 13.6. The van der Waals surface area contributed by atoms with E-state index in [1.807, 2.05) is 48.7 Å². The number of nitrogens with zero attached hydrogens (tertiary/aromatic N) is 5. The lowest BCUT2D eigenvalue weighted by Crippen LogP contribution is -2.36. The maximum atomic E-state index is 12.6. The van der Waals surface area contributed by atoms with E-state index in [2.05, 4.69) is 25.3 Å². The maximum absolute atomic E-state index is 12.6. The van der Waals surface area contributed by atoms with Crippen LogP contribution in [0.5, 0.6) is 0 Å². The number of thiazole rings is 1. The predicted molar refractivity (Wildman–Crippen MR) is 120 cm³/mol. The van der Waals surface area contributed by atoms with Gasteiger partial charge in [-0.3, -0.25) is 4.79 Å². The van der Waals surface area contributed by atoms with E-state index < -0.39 is 0 Å². The van der Waals surface area contributed by atoms with Gasteiger partial charge >= 0.3 is 0 Å². The molecule has 1 fully saturated rings. The molecule has 1 N–H and O–H groups in total. The first-order valence-corrected chi connectivity index (χ1v) is 10.8. The first-order chi connectivity index (χ1) is 15.3. The fourth-order valence-corrected chi connectivity index (χ4v) is 4.08. The van der Waals surface area contributed by atoms with E-state index in [4.69, 9.17) is 4.74 Å². The molecule has 156 valence electrons. The molecule has 9 heteroatoms. The standard InChI is InChI=1S/C22H20N6O2S/c29-21(25-17-6-7-20(23-13-17)27-8-10-30-11-9-27)19-15-31-22(26-19)16-12-24-28(14-16)18-4-2-1-3-5-18/h1-7,12-15H,8-11H2,(H,25,29). The van der Waals surface area contributed by atoms with Gasteiger partial charge in [0.2, 0.25) is 0 Å². The average Bonchev–Trinajstić information content (AvgIpc) is 3.51. The van der Waals surface area contributed by atoms with Crippen molar-refractivity contribution >= 4 is 28.7 Å². The minimum absolute atomic E-state index is 0.265. The second-order valence-electron chi connectivity index (χ2n) is 7.01. The fourth-order valence-electron chi connectivity index (χ4n) is 3.30. The maximum Gasteiger partial charge on any atom is 0.275 e. The Morgan fingerprint density at radius 3 is 2.68 bits per heavy atom. The highest BCUT2D eigenvalue weighted by Crippen LogP contribution is 2.25. The van der Waals surface area contributed by atoms with Crippen LogP contribution >= 0.6 is 11.3 Å². The summed E-state index contributed by atoms with van der Waals surface area (Å²) < 4.78 is 7.16. The van der Waals surface area contributed by atoms with Crippen LogP contribution in [-0.2, 0) is 4.74 Å². The van der Waals surface area contributed by atoms with E-state index in [0.29, 0.717) is 24.6 Å². The molecule has 0 bridgehead atoms. The van der Waals surface area contributed by atoms with E-state index in [1.165, 1.54) is 11.3 Å². The minimum Gasteiger partial charge on any atom is -0.378 e. The molecule has 1 aliphatic heterocycles. The second-order valence-corrected chi connectivity index (χ2v) is 7.86. The number of hydrogen-bond acceptors (Lipinski definition) is 7. The van der Waals surface area contributed by atoms with Gasteiger partial charge in [0, 0.05) is 30.2 Å². The number of carbonyl (C=O) groups excluding carboxylic acids is 1. The number of carbonyl (C=O) groups is 1. The van der Waals surface area contributed by atoms with Crippen LogP contribution in [0.15, 0.2) is 66.4 Å². The first kappa shape index (κ1) is 19.4. The van der Waals surface area contributed by atoms with Gasteiger partial charge in [-0.2, -0.15) is 5.10 Å². The Bertz CT molecular complexity index is 1170. The topological polar surface area (TPSA) is 85.2 Å². The Balaban J connectivity index is 1.26. The molecule has 8 nitrogen and oxygen atoms in total. The molecule has 31 heavy (non-hydrogen) atoms. The van der Waals surface area contributed by atoms with Crippen molar-refractivity contribution in [1.29, 1.82) is 0 Å². The Morgan fingerprint density at radius 1 is 1.06 bits per heavy atom. The summed E-state index contributed by atoms with van der Waals surface area (Å²) in [4.78, 5) is 23.7. The molecular formula is C22H20N6O2S. The third-order valence-electron chi connectivity index (χ3n) is 4.93. The van der Waals surface area contributed by atoms with Crippen molar-refractivity contribution in [2.24, 2.45) is 0 Å². The van der Waals surface area contributed by atoms with Gasteiger partial charge in [0.05, 0.1) is 37.0 Å². The largest absolute Gasteiger partial charge is 0.378 e. The smallest absolute Gasteiger partial charge is 0.275 e. The molecule has 0 unspecified atom stereocenters. The van der Waals surface area contributed by atoms with Crippen LogP contribution in [0, 0.1) is 0 Å².